The van der Waals surface area contributed by atoms with E-state index >= 15 is 0 Å². The first-order chi connectivity index (χ1) is 15.3. The number of benzene rings is 3. The maximum absolute atomic E-state index is 12.5. The van der Waals surface area contributed by atoms with Crippen molar-refractivity contribution in [1.82, 2.24) is 0 Å². The summed E-state index contributed by atoms with van der Waals surface area (Å²) < 4.78 is 11.5. The van der Waals surface area contributed by atoms with Crippen LogP contribution in [-0.4, -0.2) is 24.1 Å². The van der Waals surface area contributed by atoms with Crippen LogP contribution in [0.25, 0.3) is 6.08 Å². The number of fused-ring (bicyclic) bond motifs is 1. The van der Waals surface area contributed by atoms with Gasteiger partial charge in [-0.25, -0.2) is 4.79 Å². The van der Waals surface area contributed by atoms with Gasteiger partial charge < -0.3 is 14.8 Å². The first kappa shape index (κ1) is 21.9. The van der Waals surface area contributed by atoms with Gasteiger partial charge in [-0.2, -0.15) is 0 Å². The van der Waals surface area contributed by atoms with Crippen LogP contribution < -0.4 is 10.1 Å². The van der Waals surface area contributed by atoms with Crippen LogP contribution in [-0.2, 0) is 4.74 Å². The number of amides is 1. The molecule has 1 aliphatic rings. The van der Waals surface area contributed by atoms with Crippen LogP contribution in [0.2, 0.25) is 10.0 Å². The third-order valence-electron chi connectivity index (χ3n) is 4.91. The van der Waals surface area contributed by atoms with Crippen molar-refractivity contribution in [2.75, 3.05) is 11.9 Å². The lowest BCUT2D eigenvalue weighted by atomic mass is 10.0. The Morgan fingerprint density at radius 1 is 1.03 bits per heavy atom. The van der Waals surface area contributed by atoms with Crippen molar-refractivity contribution in [3.8, 4) is 5.75 Å². The Morgan fingerprint density at radius 2 is 1.78 bits per heavy atom. The molecule has 0 bridgehead atoms. The summed E-state index contributed by atoms with van der Waals surface area (Å²) in [5, 5.41) is 3.77. The van der Waals surface area contributed by atoms with Gasteiger partial charge in [-0.1, -0.05) is 41.4 Å². The summed E-state index contributed by atoms with van der Waals surface area (Å²) in [6, 6.07) is 18.7. The molecule has 3 aromatic rings. The van der Waals surface area contributed by atoms with Crippen molar-refractivity contribution in [3.05, 3.63) is 99.5 Å². The van der Waals surface area contributed by atoms with Crippen LogP contribution in [0.15, 0.2) is 72.8 Å². The van der Waals surface area contributed by atoms with Crippen molar-refractivity contribution in [2.45, 2.75) is 12.5 Å². The quantitative estimate of drug-likeness (QED) is 0.449. The molecule has 162 valence electrons. The van der Waals surface area contributed by atoms with Gasteiger partial charge in [-0.15, -0.1) is 0 Å². The fourth-order valence-corrected chi connectivity index (χ4v) is 3.55. The van der Waals surface area contributed by atoms with Gasteiger partial charge in [0.1, 0.15) is 12.4 Å². The highest BCUT2D eigenvalue weighted by molar-refractivity contribution is 6.34. The number of esters is 1. The molecule has 1 N–H and O–H groups in total. The Hall–Kier alpha value is -3.28. The van der Waals surface area contributed by atoms with Crippen molar-refractivity contribution < 1.29 is 19.1 Å². The highest BCUT2D eigenvalue weighted by Gasteiger charge is 2.29. The van der Waals surface area contributed by atoms with E-state index in [-0.39, 0.29) is 12.5 Å². The molecule has 0 spiro atoms. The molecule has 1 atom stereocenters. The first-order valence-electron chi connectivity index (χ1n) is 9.84. The van der Waals surface area contributed by atoms with E-state index < -0.39 is 11.6 Å². The summed E-state index contributed by atoms with van der Waals surface area (Å²) in [6.45, 7) is 1.87. The molecule has 0 aliphatic carbocycles. The number of halogens is 2. The second-order valence-corrected chi connectivity index (χ2v) is 8.36. The lowest BCUT2D eigenvalue weighted by Gasteiger charge is -2.31. The molecular formula is C25H19Cl2NO4. The molecule has 0 saturated heterocycles. The minimum absolute atomic E-state index is 0.0371. The molecule has 32 heavy (non-hydrogen) atoms. The first-order valence-corrected chi connectivity index (χ1v) is 10.6. The van der Waals surface area contributed by atoms with Crippen LogP contribution >= 0.6 is 23.2 Å². The SMILES string of the molecule is CC1(COC(=O)c2ccc(Cl)cc2)C=Cc2cc(NC(=O)c3ccccc3Cl)ccc2O1. The van der Waals surface area contributed by atoms with Gasteiger partial charge in [0.2, 0.25) is 0 Å². The highest BCUT2D eigenvalue weighted by Crippen LogP contribution is 2.33. The van der Waals surface area contributed by atoms with Crippen LogP contribution in [0.1, 0.15) is 33.2 Å². The number of hydrogen-bond donors (Lipinski definition) is 1. The Labute approximate surface area is 195 Å². The van der Waals surface area contributed by atoms with Crippen molar-refractivity contribution in [2.24, 2.45) is 0 Å². The summed E-state index contributed by atoms with van der Waals surface area (Å²) in [5.41, 5.74) is 1.39. The third-order valence-corrected chi connectivity index (χ3v) is 5.50. The largest absolute Gasteiger partial charge is 0.479 e. The molecule has 1 amide bonds. The fraction of sp³-hybridized carbons (Fsp3) is 0.120. The summed E-state index contributed by atoms with van der Waals surface area (Å²) in [6.07, 6.45) is 3.70. The minimum atomic E-state index is -0.822. The molecular weight excluding hydrogens is 449 g/mol. The predicted molar refractivity (Wildman–Crippen MR) is 126 cm³/mol. The van der Waals surface area contributed by atoms with Crippen LogP contribution in [0.4, 0.5) is 5.69 Å². The summed E-state index contributed by atoms with van der Waals surface area (Å²) in [4.78, 5) is 24.8. The van der Waals surface area contributed by atoms with Gasteiger partial charge in [-0.3, -0.25) is 4.79 Å². The number of rotatable bonds is 5. The summed E-state index contributed by atoms with van der Waals surface area (Å²) in [7, 11) is 0. The fourth-order valence-electron chi connectivity index (χ4n) is 3.20. The number of anilines is 1. The molecule has 0 saturated carbocycles. The minimum Gasteiger partial charge on any atom is -0.479 e. The van der Waals surface area contributed by atoms with E-state index in [9.17, 15) is 9.59 Å². The average molecular weight is 468 g/mol. The normalized spacial score (nSPS) is 16.6. The van der Waals surface area contributed by atoms with Gasteiger partial charge >= 0.3 is 5.97 Å². The molecule has 7 heteroatoms. The van der Waals surface area contributed by atoms with Crippen LogP contribution in [0, 0.1) is 0 Å². The molecule has 3 aromatic carbocycles. The van der Waals surface area contributed by atoms with E-state index in [2.05, 4.69) is 5.32 Å². The predicted octanol–water partition coefficient (Wildman–Crippen LogP) is 6.27. The second-order valence-electron chi connectivity index (χ2n) is 7.52. The van der Waals surface area contributed by atoms with Crippen LogP contribution in [0.3, 0.4) is 0 Å². The Morgan fingerprint density at radius 3 is 2.53 bits per heavy atom. The molecule has 5 nitrogen and oxygen atoms in total. The van der Waals surface area contributed by atoms with Gasteiger partial charge in [0.05, 0.1) is 16.1 Å². The number of nitrogens with one attached hydrogen (secondary N) is 1. The van der Waals surface area contributed by atoms with Gasteiger partial charge in [0.15, 0.2) is 5.60 Å². The lowest BCUT2D eigenvalue weighted by molar-refractivity contribution is 0.0140. The number of carbonyl (C=O) groups excluding carboxylic acids is 2. The van der Waals surface area contributed by atoms with E-state index in [0.717, 1.165) is 5.56 Å². The van der Waals surface area contributed by atoms with E-state index in [0.29, 0.717) is 32.6 Å². The Balaban J connectivity index is 1.41. The van der Waals surface area contributed by atoms with E-state index in [1.54, 1.807) is 66.7 Å². The van der Waals surface area contributed by atoms with Crippen molar-refractivity contribution in [1.29, 1.82) is 0 Å². The third kappa shape index (κ3) is 4.96. The zero-order valence-corrected chi connectivity index (χ0v) is 18.6. The molecule has 4 rings (SSSR count). The molecule has 0 aromatic heterocycles. The van der Waals surface area contributed by atoms with Gasteiger partial charge in [-0.05, 0) is 67.6 Å². The molecule has 0 radical (unpaired) electrons. The number of carbonyl (C=O) groups is 2. The maximum Gasteiger partial charge on any atom is 0.338 e. The monoisotopic (exact) mass is 467 g/mol. The molecule has 1 unspecified atom stereocenters. The molecule has 0 fully saturated rings. The topological polar surface area (TPSA) is 64.6 Å². The van der Waals surface area contributed by atoms with Gasteiger partial charge in [0.25, 0.3) is 5.91 Å². The number of hydrogen-bond acceptors (Lipinski definition) is 4. The standard InChI is InChI=1S/C25H19Cl2NO4/c1-25(15-31-24(30)16-6-8-18(26)9-7-16)13-12-17-14-19(10-11-22(17)32-25)28-23(29)20-4-2-3-5-21(20)27/h2-14H,15H2,1H3,(H,28,29). The smallest absolute Gasteiger partial charge is 0.338 e. The number of ether oxygens (including phenoxy) is 2. The van der Waals surface area contributed by atoms with E-state index in [1.165, 1.54) is 0 Å². The lowest BCUT2D eigenvalue weighted by Crippen LogP contribution is -2.38. The van der Waals surface area contributed by atoms with E-state index in [4.69, 9.17) is 32.7 Å². The maximum atomic E-state index is 12.5. The van der Waals surface area contributed by atoms with Crippen LogP contribution in [0.5, 0.6) is 5.75 Å². The molecule has 1 heterocycles. The van der Waals surface area contributed by atoms with Gasteiger partial charge in [0, 0.05) is 16.3 Å². The zero-order chi connectivity index (χ0) is 22.7. The van der Waals surface area contributed by atoms with E-state index in [1.807, 2.05) is 19.1 Å². The Kier molecular flexibility index (Phi) is 6.21. The summed E-state index contributed by atoms with van der Waals surface area (Å²) >= 11 is 11.9. The van der Waals surface area contributed by atoms with Crippen molar-refractivity contribution in [3.63, 3.8) is 0 Å². The highest BCUT2D eigenvalue weighted by atomic mass is 35.5. The second kappa shape index (κ2) is 9.07. The Bertz CT molecular complexity index is 1210. The molecule has 1 aliphatic heterocycles. The average Bonchev–Trinajstić information content (AvgIpc) is 2.78. The van der Waals surface area contributed by atoms with Crippen molar-refractivity contribution >= 4 is 46.8 Å². The zero-order valence-electron chi connectivity index (χ0n) is 17.1. The summed E-state index contributed by atoms with van der Waals surface area (Å²) in [5.74, 6) is -0.133.